The monoisotopic (exact) mass is 454 g/mol. The van der Waals surface area contributed by atoms with Gasteiger partial charge in [-0.05, 0) is 55.0 Å². The average molecular weight is 455 g/mol. The summed E-state index contributed by atoms with van der Waals surface area (Å²) in [6, 6.07) is 28.2. The van der Waals surface area contributed by atoms with Gasteiger partial charge in [0.2, 0.25) is 0 Å². The molecule has 2 aliphatic rings. The minimum atomic E-state index is -0.617. The van der Waals surface area contributed by atoms with Crippen molar-refractivity contribution in [3.05, 3.63) is 102 Å². The molecule has 174 valence electrons. The summed E-state index contributed by atoms with van der Waals surface area (Å²) in [5.74, 6) is 1.61. The molecule has 5 rings (SSSR count). The summed E-state index contributed by atoms with van der Waals surface area (Å²) in [6.07, 6.45) is 2.30. The maximum Gasteiger partial charge on any atom is 0.199 e. The molecule has 3 aromatic carbocycles. The van der Waals surface area contributed by atoms with Gasteiger partial charge in [0, 0.05) is 0 Å². The Morgan fingerprint density at radius 1 is 0.706 bits per heavy atom. The van der Waals surface area contributed by atoms with Crippen molar-refractivity contribution in [2.24, 2.45) is 15.4 Å². The van der Waals surface area contributed by atoms with Gasteiger partial charge in [0.05, 0.1) is 12.1 Å². The predicted octanol–water partition coefficient (Wildman–Crippen LogP) is 5.02. The van der Waals surface area contributed by atoms with E-state index in [0.717, 1.165) is 18.4 Å². The largest absolute Gasteiger partial charge is 0.508 e. The third-order valence-corrected chi connectivity index (χ3v) is 6.49. The number of phenols is 1. The van der Waals surface area contributed by atoms with Crippen molar-refractivity contribution in [1.82, 2.24) is 0 Å². The fourth-order valence-corrected chi connectivity index (χ4v) is 4.68. The molecule has 2 heterocycles. The summed E-state index contributed by atoms with van der Waals surface area (Å²) in [5, 5.41) is 9.73. The average Bonchev–Trinajstić information content (AvgIpc) is 3.53. The van der Waals surface area contributed by atoms with E-state index in [9.17, 15) is 5.11 Å². The van der Waals surface area contributed by atoms with E-state index in [2.05, 4.69) is 55.5 Å². The number of hydrogen-bond donors (Lipinski definition) is 1. The first-order chi connectivity index (χ1) is 16.6. The molecule has 0 fully saturated rings. The minimum Gasteiger partial charge on any atom is -0.508 e. The topological polar surface area (TPSA) is 63.4 Å². The van der Waals surface area contributed by atoms with Crippen LogP contribution in [0.2, 0.25) is 0 Å². The Kier molecular flexibility index (Phi) is 6.35. The molecule has 0 unspecified atom stereocenters. The van der Waals surface area contributed by atoms with Crippen molar-refractivity contribution in [3.63, 3.8) is 0 Å². The molecule has 5 heteroatoms. The molecule has 0 saturated carbocycles. The maximum atomic E-state index is 9.73. The number of hydrogen-bond acceptors (Lipinski definition) is 5. The zero-order valence-corrected chi connectivity index (χ0v) is 19.4. The first-order valence-electron chi connectivity index (χ1n) is 11.9. The van der Waals surface area contributed by atoms with Gasteiger partial charge in [-0.1, -0.05) is 72.8 Å². The van der Waals surface area contributed by atoms with Gasteiger partial charge in [-0.3, -0.25) is 0 Å². The van der Waals surface area contributed by atoms with Crippen LogP contribution in [-0.4, -0.2) is 42.2 Å². The molecule has 5 nitrogen and oxygen atoms in total. The van der Waals surface area contributed by atoms with E-state index in [4.69, 9.17) is 19.5 Å². The fraction of sp³-hybridized carbons (Fsp3) is 0.310. The smallest absolute Gasteiger partial charge is 0.199 e. The Morgan fingerprint density at radius 3 is 1.65 bits per heavy atom. The van der Waals surface area contributed by atoms with Gasteiger partial charge in [-0.25, -0.2) is 9.98 Å². The van der Waals surface area contributed by atoms with Gasteiger partial charge in [0.25, 0.3) is 0 Å². The van der Waals surface area contributed by atoms with Crippen LogP contribution < -0.4 is 0 Å². The van der Waals surface area contributed by atoms with Crippen LogP contribution in [0.3, 0.4) is 0 Å². The molecule has 34 heavy (non-hydrogen) atoms. The van der Waals surface area contributed by atoms with E-state index in [1.165, 1.54) is 11.1 Å². The van der Waals surface area contributed by atoms with Crippen LogP contribution in [0.5, 0.6) is 5.75 Å². The van der Waals surface area contributed by atoms with Gasteiger partial charge in [0.15, 0.2) is 11.8 Å². The maximum absolute atomic E-state index is 9.73. The summed E-state index contributed by atoms with van der Waals surface area (Å²) in [7, 11) is 0. The van der Waals surface area contributed by atoms with E-state index >= 15 is 0 Å². The Balaban J connectivity index is 1.41. The molecule has 2 aliphatic heterocycles. The third-order valence-electron chi connectivity index (χ3n) is 6.49. The standard InChI is InChI=1S/C29H30N2O3/c1-29(18-23-12-14-26(32)15-13-23,27-30-24(19-33-27)16-21-8-4-2-5-9-21)28-31-25(20-34-28)17-22-10-6-3-7-11-22/h2-15,24-25,32H,16-20H2,1H3/t24-,25-/m0/s1. The predicted molar refractivity (Wildman–Crippen MR) is 135 cm³/mol. The first-order valence-corrected chi connectivity index (χ1v) is 11.9. The zero-order valence-electron chi connectivity index (χ0n) is 19.4. The molecule has 1 N–H and O–H groups in total. The number of rotatable bonds is 8. The van der Waals surface area contributed by atoms with Gasteiger partial charge < -0.3 is 14.6 Å². The highest BCUT2D eigenvalue weighted by atomic mass is 16.5. The van der Waals surface area contributed by atoms with Crippen LogP contribution in [-0.2, 0) is 28.7 Å². The van der Waals surface area contributed by atoms with Gasteiger partial charge in [-0.2, -0.15) is 0 Å². The lowest BCUT2D eigenvalue weighted by molar-refractivity contribution is 0.256. The molecular weight excluding hydrogens is 424 g/mol. The molecule has 2 atom stereocenters. The van der Waals surface area contributed by atoms with E-state index in [1.54, 1.807) is 12.1 Å². The lowest BCUT2D eigenvalue weighted by atomic mass is 9.82. The Hall–Kier alpha value is -3.60. The summed E-state index contributed by atoms with van der Waals surface area (Å²) in [5.41, 5.74) is 2.95. The zero-order chi connectivity index (χ0) is 23.4. The second-order valence-electron chi connectivity index (χ2n) is 9.35. The van der Waals surface area contributed by atoms with Crippen molar-refractivity contribution >= 4 is 11.8 Å². The lowest BCUT2D eigenvalue weighted by Gasteiger charge is -2.28. The quantitative estimate of drug-likeness (QED) is 0.520. The number of aliphatic imine (C=N–C) groups is 2. The Labute approximate surface area is 200 Å². The number of ether oxygens (including phenoxy) is 2. The Bertz CT molecular complexity index is 1090. The van der Waals surface area contributed by atoms with Gasteiger partial charge >= 0.3 is 0 Å². The molecule has 0 aromatic heterocycles. The van der Waals surface area contributed by atoms with Crippen LogP contribution in [0.15, 0.2) is 94.9 Å². The van der Waals surface area contributed by atoms with E-state index < -0.39 is 5.41 Å². The van der Waals surface area contributed by atoms with Crippen LogP contribution in [0.4, 0.5) is 0 Å². The molecule has 0 amide bonds. The highest BCUT2D eigenvalue weighted by molar-refractivity contribution is 6.06. The van der Waals surface area contributed by atoms with Crippen molar-refractivity contribution in [1.29, 1.82) is 0 Å². The summed E-state index contributed by atoms with van der Waals surface area (Å²) in [4.78, 5) is 10.0. The molecule has 0 spiro atoms. The van der Waals surface area contributed by atoms with Crippen LogP contribution in [0.1, 0.15) is 23.6 Å². The molecule has 3 aromatic rings. The van der Waals surface area contributed by atoms with E-state index in [-0.39, 0.29) is 17.8 Å². The Morgan fingerprint density at radius 2 is 1.18 bits per heavy atom. The van der Waals surface area contributed by atoms with Gasteiger partial charge in [0.1, 0.15) is 24.4 Å². The summed E-state index contributed by atoms with van der Waals surface area (Å²) in [6.45, 7) is 3.21. The highest BCUT2D eigenvalue weighted by Gasteiger charge is 2.45. The molecule has 0 radical (unpaired) electrons. The van der Waals surface area contributed by atoms with E-state index in [0.29, 0.717) is 31.4 Å². The number of benzene rings is 3. The van der Waals surface area contributed by atoms with E-state index in [1.807, 2.05) is 24.3 Å². The molecule has 0 aliphatic carbocycles. The second kappa shape index (κ2) is 9.72. The third kappa shape index (κ3) is 4.98. The van der Waals surface area contributed by atoms with Crippen molar-refractivity contribution in [3.8, 4) is 5.75 Å². The number of phenolic OH excluding ortho intramolecular Hbond substituents is 1. The summed E-state index contributed by atoms with van der Waals surface area (Å²) >= 11 is 0. The molecule has 0 saturated heterocycles. The number of aromatic hydroxyl groups is 1. The first kappa shape index (κ1) is 22.2. The van der Waals surface area contributed by atoms with Crippen LogP contribution >= 0.6 is 0 Å². The molecule has 0 bridgehead atoms. The van der Waals surface area contributed by atoms with Crippen LogP contribution in [0.25, 0.3) is 0 Å². The second-order valence-corrected chi connectivity index (χ2v) is 9.35. The van der Waals surface area contributed by atoms with Crippen molar-refractivity contribution < 1.29 is 14.6 Å². The minimum absolute atomic E-state index is 0.0682. The van der Waals surface area contributed by atoms with Crippen molar-refractivity contribution in [2.75, 3.05) is 13.2 Å². The molecular formula is C29H30N2O3. The fourth-order valence-electron chi connectivity index (χ4n) is 4.68. The lowest BCUT2D eigenvalue weighted by Crippen LogP contribution is -2.39. The van der Waals surface area contributed by atoms with Gasteiger partial charge in [-0.15, -0.1) is 0 Å². The SMILES string of the molecule is CC(Cc1ccc(O)cc1)(C1=N[C@@H](Cc2ccccc2)CO1)C1=N[C@@H](Cc2ccccc2)CO1. The summed E-state index contributed by atoms with van der Waals surface area (Å²) < 4.78 is 12.4. The van der Waals surface area contributed by atoms with Crippen LogP contribution in [0, 0.1) is 5.41 Å². The highest BCUT2D eigenvalue weighted by Crippen LogP contribution is 2.34. The normalized spacial score (nSPS) is 19.8. The number of nitrogens with zero attached hydrogens (tertiary/aromatic N) is 2. The van der Waals surface area contributed by atoms with Crippen molar-refractivity contribution in [2.45, 2.75) is 38.3 Å².